The third-order valence-electron chi connectivity index (χ3n) is 5.33. The number of hydrogen-bond donors (Lipinski definition) is 2. The van der Waals surface area contributed by atoms with E-state index >= 15 is 0 Å². The lowest BCUT2D eigenvalue weighted by molar-refractivity contribution is -0.144. The predicted molar refractivity (Wildman–Crippen MR) is 108 cm³/mol. The highest BCUT2D eigenvalue weighted by atomic mass is 16.5. The molecule has 1 fully saturated rings. The van der Waals surface area contributed by atoms with Crippen LogP contribution in [0.25, 0.3) is 11.1 Å². The molecule has 6 nitrogen and oxygen atoms in total. The molecule has 6 heteroatoms. The molecular formula is C22H26N2O4. The van der Waals surface area contributed by atoms with Gasteiger partial charge in [-0.1, -0.05) is 31.0 Å². The second-order valence-electron chi connectivity index (χ2n) is 7.05. The quantitative estimate of drug-likeness (QED) is 0.590. The summed E-state index contributed by atoms with van der Waals surface area (Å²) in [6, 6.07) is 12.3. The van der Waals surface area contributed by atoms with Crippen molar-refractivity contribution in [2.24, 2.45) is 5.92 Å². The monoisotopic (exact) mass is 382 g/mol. The maximum Gasteiger partial charge on any atom is 0.328 e. The zero-order valence-electron chi connectivity index (χ0n) is 16.2. The molecule has 1 aliphatic carbocycles. The Morgan fingerprint density at radius 1 is 1.04 bits per heavy atom. The number of nitrogens with two attached hydrogens (primary N) is 1. The van der Waals surface area contributed by atoms with Gasteiger partial charge in [0.05, 0.1) is 19.8 Å². The Bertz CT molecular complexity index is 842. The number of carbonyl (C=O) groups excluding carboxylic acids is 2. The van der Waals surface area contributed by atoms with Crippen LogP contribution in [0.5, 0.6) is 5.75 Å². The fraction of sp³-hybridized carbons (Fsp3) is 0.364. The number of benzene rings is 2. The molecule has 148 valence electrons. The Morgan fingerprint density at radius 2 is 1.68 bits per heavy atom. The fourth-order valence-corrected chi connectivity index (χ4v) is 3.74. The Balaban J connectivity index is 1.78. The third-order valence-corrected chi connectivity index (χ3v) is 5.33. The summed E-state index contributed by atoms with van der Waals surface area (Å²) in [6.07, 6.45) is 3.94. The van der Waals surface area contributed by atoms with E-state index in [1.54, 1.807) is 19.2 Å². The van der Waals surface area contributed by atoms with Gasteiger partial charge in [-0.05, 0) is 54.2 Å². The van der Waals surface area contributed by atoms with Crippen LogP contribution in [-0.2, 0) is 9.53 Å². The van der Waals surface area contributed by atoms with Crippen molar-refractivity contribution in [2.45, 2.75) is 31.7 Å². The number of hydrogen-bond acceptors (Lipinski definition) is 5. The summed E-state index contributed by atoms with van der Waals surface area (Å²) in [5, 5.41) is 2.83. The second kappa shape index (κ2) is 8.78. The normalized spacial score (nSPS) is 15.1. The van der Waals surface area contributed by atoms with Crippen LogP contribution >= 0.6 is 0 Å². The number of amides is 1. The Morgan fingerprint density at radius 3 is 2.25 bits per heavy atom. The highest BCUT2D eigenvalue weighted by molar-refractivity contribution is 6.01. The molecule has 0 saturated heterocycles. The average molecular weight is 382 g/mol. The summed E-state index contributed by atoms with van der Waals surface area (Å²) in [6.45, 7) is 0. The first-order valence-electron chi connectivity index (χ1n) is 9.46. The van der Waals surface area contributed by atoms with Crippen LogP contribution in [0.15, 0.2) is 42.5 Å². The van der Waals surface area contributed by atoms with Gasteiger partial charge in [0.25, 0.3) is 5.91 Å². The lowest BCUT2D eigenvalue weighted by Crippen LogP contribution is -2.46. The van der Waals surface area contributed by atoms with Gasteiger partial charge in [-0.25, -0.2) is 4.79 Å². The number of methoxy groups -OCH3 is 2. The fourth-order valence-electron chi connectivity index (χ4n) is 3.74. The number of ether oxygens (including phenoxy) is 2. The molecule has 28 heavy (non-hydrogen) atoms. The smallest absolute Gasteiger partial charge is 0.328 e. The van der Waals surface area contributed by atoms with Gasteiger partial charge >= 0.3 is 5.97 Å². The third kappa shape index (κ3) is 4.27. The zero-order valence-corrected chi connectivity index (χ0v) is 16.2. The summed E-state index contributed by atoms with van der Waals surface area (Å²) in [5.41, 5.74) is 8.74. The lowest BCUT2D eigenvalue weighted by Gasteiger charge is -2.22. The average Bonchev–Trinajstić information content (AvgIpc) is 3.25. The second-order valence-corrected chi connectivity index (χ2v) is 7.05. The van der Waals surface area contributed by atoms with Crippen LogP contribution in [0.3, 0.4) is 0 Å². The van der Waals surface area contributed by atoms with Gasteiger partial charge in [0, 0.05) is 5.69 Å². The molecule has 3 rings (SSSR count). The number of esters is 1. The van der Waals surface area contributed by atoms with E-state index in [1.807, 2.05) is 30.3 Å². The first-order valence-corrected chi connectivity index (χ1v) is 9.46. The van der Waals surface area contributed by atoms with Crippen LogP contribution in [0.2, 0.25) is 0 Å². The van der Waals surface area contributed by atoms with Crippen molar-refractivity contribution < 1.29 is 19.1 Å². The molecule has 2 aromatic carbocycles. The standard InChI is InChI=1S/C22H26N2O4/c1-27-17-10-7-14(8-11-17)16-9-12-18(19(23)13-16)21(25)24-20(22(26)28-2)15-5-3-4-6-15/h7-13,15,20H,3-6,23H2,1-2H3,(H,24,25)/t20-/m0/s1. The summed E-state index contributed by atoms with van der Waals surface area (Å²) in [4.78, 5) is 24.9. The molecule has 0 aliphatic heterocycles. The lowest BCUT2D eigenvalue weighted by atomic mass is 9.97. The van der Waals surface area contributed by atoms with Crippen molar-refractivity contribution in [1.29, 1.82) is 0 Å². The van der Waals surface area contributed by atoms with E-state index in [0.29, 0.717) is 11.3 Å². The number of carbonyl (C=O) groups is 2. The Labute approximate surface area is 165 Å². The minimum absolute atomic E-state index is 0.108. The minimum atomic E-state index is -0.638. The Hall–Kier alpha value is -3.02. The first-order chi connectivity index (χ1) is 13.5. The molecule has 2 aromatic rings. The maximum atomic E-state index is 12.8. The number of anilines is 1. The molecule has 0 bridgehead atoms. The van der Waals surface area contributed by atoms with Gasteiger partial charge in [0.2, 0.25) is 0 Å². The van der Waals surface area contributed by atoms with Crippen molar-refractivity contribution >= 4 is 17.6 Å². The highest BCUT2D eigenvalue weighted by Gasteiger charge is 2.33. The molecule has 0 unspecified atom stereocenters. The molecule has 1 saturated carbocycles. The minimum Gasteiger partial charge on any atom is -0.497 e. The van der Waals surface area contributed by atoms with Gasteiger partial charge in [0.1, 0.15) is 11.8 Å². The zero-order chi connectivity index (χ0) is 20.1. The topological polar surface area (TPSA) is 90.6 Å². The largest absolute Gasteiger partial charge is 0.497 e. The molecule has 1 atom stereocenters. The molecule has 0 aromatic heterocycles. The molecule has 1 amide bonds. The SMILES string of the molecule is COC(=O)[C@@H](NC(=O)c1ccc(-c2ccc(OC)cc2)cc1N)C1CCCC1. The van der Waals surface area contributed by atoms with Crippen LogP contribution in [0, 0.1) is 5.92 Å². The van der Waals surface area contributed by atoms with Gasteiger partial charge in [-0.2, -0.15) is 0 Å². The summed E-state index contributed by atoms with van der Waals surface area (Å²) in [5.74, 6) is 0.111. The maximum absolute atomic E-state index is 12.8. The van der Waals surface area contributed by atoms with Crippen LogP contribution in [-0.4, -0.2) is 32.1 Å². The molecule has 3 N–H and O–H groups in total. The van der Waals surface area contributed by atoms with Gasteiger partial charge in [-0.3, -0.25) is 4.79 Å². The van der Waals surface area contributed by atoms with E-state index in [-0.39, 0.29) is 11.8 Å². The van der Waals surface area contributed by atoms with Crippen molar-refractivity contribution in [2.75, 3.05) is 20.0 Å². The van der Waals surface area contributed by atoms with Crippen molar-refractivity contribution in [1.82, 2.24) is 5.32 Å². The molecule has 0 heterocycles. The van der Waals surface area contributed by atoms with E-state index in [2.05, 4.69) is 5.32 Å². The van der Waals surface area contributed by atoms with Crippen LogP contribution in [0.4, 0.5) is 5.69 Å². The molecular weight excluding hydrogens is 356 g/mol. The van der Waals surface area contributed by atoms with Gasteiger partial charge < -0.3 is 20.5 Å². The number of rotatable bonds is 6. The van der Waals surface area contributed by atoms with Crippen molar-refractivity contribution in [3.8, 4) is 16.9 Å². The summed E-state index contributed by atoms with van der Waals surface area (Å²) in [7, 11) is 2.96. The molecule has 0 radical (unpaired) electrons. The van der Waals surface area contributed by atoms with Crippen molar-refractivity contribution in [3.05, 3.63) is 48.0 Å². The number of nitrogens with one attached hydrogen (secondary N) is 1. The number of nitrogen functional groups attached to an aromatic ring is 1. The van der Waals surface area contributed by atoms with Crippen LogP contribution < -0.4 is 15.8 Å². The van der Waals surface area contributed by atoms with Gasteiger partial charge in [-0.15, -0.1) is 0 Å². The van der Waals surface area contributed by atoms with Crippen molar-refractivity contribution in [3.63, 3.8) is 0 Å². The molecule has 1 aliphatic rings. The summed E-state index contributed by atoms with van der Waals surface area (Å²) < 4.78 is 10.1. The van der Waals surface area contributed by atoms with E-state index in [0.717, 1.165) is 42.6 Å². The van der Waals surface area contributed by atoms with E-state index in [4.69, 9.17) is 15.2 Å². The first kappa shape index (κ1) is 19.7. The summed E-state index contributed by atoms with van der Waals surface area (Å²) >= 11 is 0. The van der Waals surface area contributed by atoms with Gasteiger partial charge in [0.15, 0.2) is 0 Å². The van der Waals surface area contributed by atoms with Crippen LogP contribution in [0.1, 0.15) is 36.0 Å². The Kier molecular flexibility index (Phi) is 6.19. The van der Waals surface area contributed by atoms with E-state index in [9.17, 15) is 9.59 Å². The van der Waals surface area contributed by atoms with E-state index in [1.165, 1.54) is 7.11 Å². The van der Waals surface area contributed by atoms with E-state index < -0.39 is 12.0 Å². The molecule has 0 spiro atoms. The highest BCUT2D eigenvalue weighted by Crippen LogP contribution is 2.29. The predicted octanol–water partition coefficient (Wildman–Crippen LogP) is 3.41.